The maximum absolute atomic E-state index is 5.17. The molecule has 2 aromatic heterocycles. The Balaban J connectivity index is 0.000000126. The van der Waals surface area contributed by atoms with Gasteiger partial charge in [0.1, 0.15) is 5.75 Å². The number of aliphatic imine (C=N–C) groups is 1. The fourth-order valence-corrected chi connectivity index (χ4v) is 2.54. The topological polar surface area (TPSA) is 53.2 Å². The molecule has 0 bridgehead atoms. The zero-order valence-corrected chi connectivity index (χ0v) is 12.3. The fourth-order valence-electron chi connectivity index (χ4n) is 2.54. The predicted molar refractivity (Wildman–Crippen MR) is 86.8 cm³/mol. The molecule has 4 nitrogen and oxygen atoms in total. The quantitative estimate of drug-likeness (QED) is 0.682. The molecule has 1 unspecified atom stereocenters. The van der Waals surface area contributed by atoms with Gasteiger partial charge in [-0.1, -0.05) is 13.0 Å². The van der Waals surface area contributed by atoms with Gasteiger partial charge in [0, 0.05) is 41.1 Å². The molecule has 3 heterocycles. The number of methoxy groups -OCH3 is 1. The Morgan fingerprint density at radius 3 is 2.81 bits per heavy atom. The van der Waals surface area contributed by atoms with Crippen LogP contribution < -0.4 is 4.74 Å². The Kier molecular flexibility index (Phi) is 3.77. The standard InChI is InChI=1S/C9H9NO.C8H10N2/c1-11-9-4-2-3-8-7(9)5-6-10-8;1-6-2-4-9-7-3-5-10-8(6)7/h2-6,10H,1H3;3-6,10H,2H2,1H3. The van der Waals surface area contributed by atoms with E-state index in [0.29, 0.717) is 5.92 Å². The molecular formula is C17H19N3O. The van der Waals surface area contributed by atoms with E-state index in [1.54, 1.807) is 7.11 Å². The van der Waals surface area contributed by atoms with Gasteiger partial charge < -0.3 is 14.7 Å². The van der Waals surface area contributed by atoms with Crippen molar-refractivity contribution in [3.05, 3.63) is 48.4 Å². The van der Waals surface area contributed by atoms with E-state index in [4.69, 9.17) is 4.74 Å². The largest absolute Gasteiger partial charge is 0.496 e. The van der Waals surface area contributed by atoms with E-state index in [1.807, 2.05) is 48.9 Å². The van der Waals surface area contributed by atoms with Gasteiger partial charge in [-0.3, -0.25) is 4.99 Å². The first-order chi connectivity index (χ1) is 10.3. The van der Waals surface area contributed by atoms with Crippen LogP contribution in [0.15, 0.2) is 47.7 Å². The van der Waals surface area contributed by atoms with Crippen molar-refractivity contribution in [3.8, 4) is 5.75 Å². The molecule has 1 aliphatic heterocycles. The molecule has 0 fully saturated rings. The maximum Gasteiger partial charge on any atom is 0.128 e. The van der Waals surface area contributed by atoms with Crippen molar-refractivity contribution in [2.75, 3.05) is 7.11 Å². The van der Waals surface area contributed by atoms with Crippen molar-refractivity contribution in [2.45, 2.75) is 19.3 Å². The molecule has 4 rings (SSSR count). The Morgan fingerprint density at radius 1 is 1.14 bits per heavy atom. The molecule has 1 atom stereocenters. The molecule has 1 aromatic carbocycles. The highest BCUT2D eigenvalue weighted by Gasteiger charge is 2.13. The van der Waals surface area contributed by atoms with Gasteiger partial charge in [0.15, 0.2) is 0 Å². The van der Waals surface area contributed by atoms with Crippen LogP contribution in [0.1, 0.15) is 25.0 Å². The predicted octanol–water partition coefficient (Wildman–Crippen LogP) is 4.40. The first-order valence-electron chi connectivity index (χ1n) is 7.09. The Bertz CT molecular complexity index is 754. The van der Waals surface area contributed by atoms with Crippen LogP contribution in [0.5, 0.6) is 5.75 Å². The van der Waals surface area contributed by atoms with Crippen LogP contribution in [0.3, 0.4) is 0 Å². The van der Waals surface area contributed by atoms with Crippen molar-refractivity contribution >= 4 is 22.8 Å². The molecule has 1 aliphatic rings. The van der Waals surface area contributed by atoms with E-state index in [2.05, 4.69) is 21.9 Å². The van der Waals surface area contributed by atoms with Crippen LogP contribution in [-0.2, 0) is 0 Å². The molecule has 3 aromatic rings. The normalized spacial score (nSPS) is 16.2. The number of nitrogens with zero attached hydrogens (tertiary/aromatic N) is 1. The van der Waals surface area contributed by atoms with Crippen LogP contribution in [0.25, 0.3) is 10.9 Å². The van der Waals surface area contributed by atoms with E-state index in [-0.39, 0.29) is 0 Å². The van der Waals surface area contributed by atoms with E-state index in [0.717, 1.165) is 28.8 Å². The summed E-state index contributed by atoms with van der Waals surface area (Å²) in [6, 6.07) is 9.97. The highest BCUT2D eigenvalue weighted by molar-refractivity contribution is 5.85. The summed E-state index contributed by atoms with van der Waals surface area (Å²) in [5.41, 5.74) is 3.51. The minimum Gasteiger partial charge on any atom is -0.496 e. The van der Waals surface area contributed by atoms with Gasteiger partial charge in [0.25, 0.3) is 0 Å². The summed E-state index contributed by atoms with van der Waals surface area (Å²) in [4.78, 5) is 10.6. The van der Waals surface area contributed by atoms with E-state index >= 15 is 0 Å². The second-order valence-corrected chi connectivity index (χ2v) is 5.12. The molecule has 0 spiro atoms. The molecule has 4 heteroatoms. The molecule has 108 valence electrons. The molecule has 0 amide bonds. The number of H-pyrrole nitrogens is 2. The molecule has 21 heavy (non-hydrogen) atoms. The van der Waals surface area contributed by atoms with Crippen molar-refractivity contribution in [3.63, 3.8) is 0 Å². The second kappa shape index (κ2) is 5.87. The minimum absolute atomic E-state index is 0.613. The monoisotopic (exact) mass is 281 g/mol. The molecule has 2 N–H and O–H groups in total. The first kappa shape index (κ1) is 13.5. The Morgan fingerprint density at radius 2 is 2.00 bits per heavy atom. The van der Waals surface area contributed by atoms with E-state index in [1.165, 1.54) is 5.69 Å². The summed E-state index contributed by atoms with van der Waals surface area (Å²) in [6.45, 7) is 2.21. The zero-order valence-electron chi connectivity index (χ0n) is 12.3. The van der Waals surface area contributed by atoms with Gasteiger partial charge in [0.2, 0.25) is 0 Å². The number of aromatic nitrogens is 2. The smallest absolute Gasteiger partial charge is 0.128 e. The van der Waals surface area contributed by atoms with Gasteiger partial charge >= 0.3 is 0 Å². The minimum atomic E-state index is 0.613. The highest BCUT2D eigenvalue weighted by Crippen LogP contribution is 2.30. The number of fused-ring (bicyclic) bond motifs is 2. The first-order valence-corrected chi connectivity index (χ1v) is 7.09. The summed E-state index contributed by atoms with van der Waals surface area (Å²) in [5, 5.41) is 1.13. The van der Waals surface area contributed by atoms with Gasteiger partial charge in [-0.2, -0.15) is 0 Å². The van der Waals surface area contributed by atoms with Crippen LogP contribution in [0.2, 0.25) is 0 Å². The maximum atomic E-state index is 5.17. The number of hydrogen-bond acceptors (Lipinski definition) is 2. The summed E-state index contributed by atoms with van der Waals surface area (Å²) in [6.07, 6.45) is 6.91. The van der Waals surface area contributed by atoms with Crippen molar-refractivity contribution in [1.82, 2.24) is 9.97 Å². The highest BCUT2D eigenvalue weighted by atomic mass is 16.5. The van der Waals surface area contributed by atoms with Crippen LogP contribution >= 0.6 is 0 Å². The zero-order chi connectivity index (χ0) is 14.7. The van der Waals surface area contributed by atoms with Crippen LogP contribution in [0.4, 0.5) is 5.69 Å². The average molecular weight is 281 g/mol. The van der Waals surface area contributed by atoms with Crippen molar-refractivity contribution in [1.29, 1.82) is 0 Å². The lowest BCUT2D eigenvalue weighted by Gasteiger charge is -2.11. The average Bonchev–Trinajstić information content (AvgIpc) is 3.16. The number of ether oxygens (including phenoxy) is 1. The van der Waals surface area contributed by atoms with Crippen molar-refractivity contribution < 1.29 is 4.74 Å². The summed E-state index contributed by atoms with van der Waals surface area (Å²) in [7, 11) is 1.68. The lowest BCUT2D eigenvalue weighted by molar-refractivity contribution is 0.420. The molecular weight excluding hydrogens is 262 g/mol. The summed E-state index contributed by atoms with van der Waals surface area (Å²) < 4.78 is 5.17. The third-order valence-electron chi connectivity index (χ3n) is 3.71. The summed E-state index contributed by atoms with van der Waals surface area (Å²) in [5.74, 6) is 1.53. The number of nitrogens with one attached hydrogen (secondary N) is 2. The van der Waals surface area contributed by atoms with Gasteiger partial charge in [-0.25, -0.2) is 0 Å². The molecule has 0 saturated carbocycles. The summed E-state index contributed by atoms with van der Waals surface area (Å²) >= 11 is 0. The van der Waals surface area contributed by atoms with Gasteiger partial charge in [-0.15, -0.1) is 0 Å². The third-order valence-corrected chi connectivity index (χ3v) is 3.71. The molecule has 0 saturated heterocycles. The SMILES string of the molecule is CC1CC=Nc2cc[nH]c21.COc1cccc2[nH]ccc12. The number of aromatic amines is 2. The Hall–Kier alpha value is -2.49. The van der Waals surface area contributed by atoms with Crippen LogP contribution in [0, 0.1) is 0 Å². The van der Waals surface area contributed by atoms with E-state index in [9.17, 15) is 0 Å². The lowest BCUT2D eigenvalue weighted by atomic mass is 10.0. The van der Waals surface area contributed by atoms with Crippen LogP contribution in [-0.4, -0.2) is 23.3 Å². The number of hydrogen-bond donors (Lipinski definition) is 2. The van der Waals surface area contributed by atoms with E-state index < -0.39 is 0 Å². The van der Waals surface area contributed by atoms with Gasteiger partial charge in [0.05, 0.1) is 12.8 Å². The number of rotatable bonds is 1. The number of benzene rings is 1. The Labute approximate surface area is 123 Å². The van der Waals surface area contributed by atoms with Crippen molar-refractivity contribution in [2.24, 2.45) is 4.99 Å². The fraction of sp³-hybridized carbons (Fsp3) is 0.235. The third kappa shape index (κ3) is 2.70. The lowest BCUT2D eigenvalue weighted by Crippen LogP contribution is -1.98. The van der Waals surface area contributed by atoms with Gasteiger partial charge in [-0.05, 0) is 30.7 Å². The molecule has 0 radical (unpaired) electrons. The second-order valence-electron chi connectivity index (χ2n) is 5.12. The molecule has 0 aliphatic carbocycles.